The van der Waals surface area contributed by atoms with E-state index in [0.29, 0.717) is 6.42 Å². The molecule has 100 valence electrons. The van der Waals surface area contributed by atoms with Crippen molar-refractivity contribution in [3.63, 3.8) is 0 Å². The van der Waals surface area contributed by atoms with Gasteiger partial charge < -0.3 is 0 Å². The second-order valence-corrected chi connectivity index (χ2v) is 3.54. The third kappa shape index (κ3) is 10.7. The molecule has 0 saturated heterocycles. The molecule has 0 N–H and O–H groups in total. The van der Waals surface area contributed by atoms with Crippen LogP contribution in [0.25, 0.3) is 0 Å². The topological polar surface area (TPSA) is 52.6 Å². The first kappa shape index (κ1) is 16.2. The first-order valence-corrected chi connectivity index (χ1v) is 6.06. The maximum Gasteiger partial charge on any atom is 0.378 e. The van der Waals surface area contributed by atoms with Crippen molar-refractivity contribution in [1.82, 2.24) is 0 Å². The molecule has 0 saturated carbocycles. The van der Waals surface area contributed by atoms with Crippen LogP contribution in [-0.2, 0) is 19.4 Å². The average Bonchev–Trinajstić information content (AvgIpc) is 2.36. The highest BCUT2D eigenvalue weighted by molar-refractivity contribution is 5.82. The summed E-state index contributed by atoms with van der Waals surface area (Å²) in [6, 6.07) is 0. The van der Waals surface area contributed by atoms with Gasteiger partial charge in [0, 0.05) is 6.08 Å². The number of carbonyl (C=O) groups excluding carboxylic acids is 2. The van der Waals surface area contributed by atoms with Crippen molar-refractivity contribution in [2.24, 2.45) is 0 Å². The Morgan fingerprint density at radius 2 is 1.83 bits per heavy atom. The smallest absolute Gasteiger partial charge is 0.247 e. The molecule has 0 heterocycles. The van der Waals surface area contributed by atoms with Gasteiger partial charge in [0.15, 0.2) is 0 Å². The Morgan fingerprint density at radius 3 is 2.50 bits per heavy atom. The quantitative estimate of drug-likeness (QED) is 0.302. The molecule has 0 aliphatic carbocycles. The number of allylic oxidation sites excluding steroid dienone is 5. The maximum absolute atomic E-state index is 11.1. The number of hydrogen-bond acceptors (Lipinski definition) is 4. The van der Waals surface area contributed by atoms with Gasteiger partial charge in [0.2, 0.25) is 0 Å². The van der Waals surface area contributed by atoms with Crippen molar-refractivity contribution >= 4 is 11.9 Å². The Kier molecular flexibility index (Phi) is 10.4. The van der Waals surface area contributed by atoms with Gasteiger partial charge in [-0.05, 0) is 19.8 Å². The first-order valence-electron chi connectivity index (χ1n) is 6.06. The van der Waals surface area contributed by atoms with Gasteiger partial charge in [0.25, 0.3) is 0 Å². The molecule has 0 bridgehead atoms. The van der Waals surface area contributed by atoms with Gasteiger partial charge in [-0.15, -0.1) is 0 Å². The largest absolute Gasteiger partial charge is 0.378 e. The van der Waals surface area contributed by atoms with Crippen molar-refractivity contribution in [2.75, 3.05) is 0 Å². The molecular formula is C14H20O4. The Hall–Kier alpha value is -1.84. The van der Waals surface area contributed by atoms with Crippen molar-refractivity contribution in [3.05, 3.63) is 36.5 Å². The molecule has 0 amide bonds. The van der Waals surface area contributed by atoms with Crippen LogP contribution in [0.4, 0.5) is 0 Å². The molecule has 0 fully saturated rings. The number of hydrogen-bond donors (Lipinski definition) is 0. The number of carbonyl (C=O) groups is 2. The summed E-state index contributed by atoms with van der Waals surface area (Å²) < 4.78 is 0. The Bertz CT molecular complexity index is 327. The van der Waals surface area contributed by atoms with Crippen molar-refractivity contribution < 1.29 is 19.4 Å². The van der Waals surface area contributed by atoms with Crippen LogP contribution in [0, 0.1) is 0 Å². The molecule has 0 aromatic carbocycles. The maximum atomic E-state index is 11.1. The molecule has 0 unspecified atom stereocenters. The lowest BCUT2D eigenvalue weighted by Gasteiger charge is -1.99. The molecule has 0 aromatic heterocycles. The summed E-state index contributed by atoms with van der Waals surface area (Å²) in [5, 5.41) is 0. The van der Waals surface area contributed by atoms with E-state index in [4.69, 9.17) is 0 Å². The van der Waals surface area contributed by atoms with Crippen LogP contribution in [0.5, 0.6) is 0 Å². The summed E-state index contributed by atoms with van der Waals surface area (Å²) in [6.07, 6.45) is 12.8. The fourth-order valence-corrected chi connectivity index (χ4v) is 0.990. The summed E-state index contributed by atoms with van der Waals surface area (Å²) in [5.74, 6) is -1.22. The second kappa shape index (κ2) is 11.6. The molecule has 0 atom stereocenters. The fraction of sp³-hybridized carbons (Fsp3) is 0.429. The van der Waals surface area contributed by atoms with Crippen LogP contribution >= 0.6 is 0 Å². The van der Waals surface area contributed by atoms with Gasteiger partial charge in [-0.25, -0.2) is 19.4 Å². The summed E-state index contributed by atoms with van der Waals surface area (Å²) in [5.41, 5.74) is 0. The van der Waals surface area contributed by atoms with E-state index < -0.39 is 11.9 Å². The highest BCUT2D eigenvalue weighted by Gasteiger charge is 2.05. The molecule has 0 radical (unpaired) electrons. The van der Waals surface area contributed by atoms with E-state index in [9.17, 15) is 9.59 Å². The standard InChI is InChI=1S/C14H20O4/c1-3-5-7-8-10-12-14(16)18-17-13(15)11-9-6-4-2/h3,5,7-9,11H,4,6,10,12H2,1-2H3. The SMILES string of the molecule is CC=CC=CCCC(=O)OOC(=O)C=CCCC. The summed E-state index contributed by atoms with van der Waals surface area (Å²) in [6.45, 7) is 3.90. The van der Waals surface area contributed by atoms with Crippen LogP contribution < -0.4 is 0 Å². The second-order valence-electron chi connectivity index (χ2n) is 3.54. The third-order valence-electron chi connectivity index (χ3n) is 1.88. The van der Waals surface area contributed by atoms with E-state index in [1.165, 1.54) is 6.08 Å². The molecule has 18 heavy (non-hydrogen) atoms. The zero-order valence-electron chi connectivity index (χ0n) is 10.9. The van der Waals surface area contributed by atoms with Crippen LogP contribution in [0.1, 0.15) is 39.5 Å². The minimum absolute atomic E-state index is 0.181. The molecule has 0 spiro atoms. The molecule has 4 nitrogen and oxygen atoms in total. The minimum atomic E-state index is -0.666. The zero-order valence-corrected chi connectivity index (χ0v) is 10.9. The lowest BCUT2D eigenvalue weighted by atomic mass is 10.3. The molecular weight excluding hydrogens is 232 g/mol. The fourth-order valence-electron chi connectivity index (χ4n) is 0.990. The van der Waals surface area contributed by atoms with Gasteiger partial charge in [-0.3, -0.25) is 0 Å². The lowest BCUT2D eigenvalue weighted by molar-refractivity contribution is -0.254. The lowest BCUT2D eigenvalue weighted by Crippen LogP contribution is -2.08. The van der Waals surface area contributed by atoms with Gasteiger partial charge >= 0.3 is 11.9 Å². The van der Waals surface area contributed by atoms with Gasteiger partial charge in [-0.2, -0.15) is 0 Å². The van der Waals surface area contributed by atoms with E-state index in [0.717, 1.165) is 12.8 Å². The highest BCUT2D eigenvalue weighted by atomic mass is 17.2. The predicted molar refractivity (Wildman–Crippen MR) is 69.4 cm³/mol. The van der Waals surface area contributed by atoms with Gasteiger partial charge in [0.1, 0.15) is 0 Å². The van der Waals surface area contributed by atoms with Gasteiger partial charge in [0.05, 0.1) is 6.42 Å². The van der Waals surface area contributed by atoms with E-state index >= 15 is 0 Å². The van der Waals surface area contributed by atoms with Crippen molar-refractivity contribution in [1.29, 1.82) is 0 Å². The normalized spacial score (nSPS) is 11.4. The van der Waals surface area contributed by atoms with Crippen LogP contribution in [0.15, 0.2) is 36.5 Å². The Balaban J connectivity index is 3.67. The van der Waals surface area contributed by atoms with E-state index in [2.05, 4.69) is 9.78 Å². The molecule has 0 aromatic rings. The summed E-state index contributed by atoms with van der Waals surface area (Å²) in [4.78, 5) is 30.8. The van der Waals surface area contributed by atoms with Crippen molar-refractivity contribution in [2.45, 2.75) is 39.5 Å². The Morgan fingerprint density at radius 1 is 1.06 bits per heavy atom. The van der Waals surface area contributed by atoms with E-state index in [1.807, 2.05) is 38.2 Å². The zero-order chi connectivity index (χ0) is 13.6. The molecule has 4 heteroatoms. The molecule has 0 rings (SSSR count). The third-order valence-corrected chi connectivity index (χ3v) is 1.88. The van der Waals surface area contributed by atoms with E-state index in [-0.39, 0.29) is 6.42 Å². The highest BCUT2D eigenvalue weighted by Crippen LogP contribution is 1.97. The monoisotopic (exact) mass is 252 g/mol. The average molecular weight is 252 g/mol. The number of unbranched alkanes of at least 4 members (excludes halogenated alkanes) is 1. The number of rotatable bonds is 7. The molecule has 0 aliphatic heterocycles. The predicted octanol–water partition coefficient (Wildman–Crippen LogP) is 3.26. The molecule has 0 aliphatic rings. The van der Waals surface area contributed by atoms with Gasteiger partial charge in [-0.1, -0.05) is 43.7 Å². The van der Waals surface area contributed by atoms with E-state index in [1.54, 1.807) is 6.08 Å². The van der Waals surface area contributed by atoms with Crippen LogP contribution in [-0.4, -0.2) is 11.9 Å². The van der Waals surface area contributed by atoms with Crippen LogP contribution in [0.3, 0.4) is 0 Å². The Labute approximate surface area is 108 Å². The summed E-state index contributed by atoms with van der Waals surface area (Å²) in [7, 11) is 0. The van der Waals surface area contributed by atoms with Crippen LogP contribution in [0.2, 0.25) is 0 Å². The first-order chi connectivity index (χ1) is 8.70. The summed E-state index contributed by atoms with van der Waals surface area (Å²) >= 11 is 0. The minimum Gasteiger partial charge on any atom is -0.247 e. The van der Waals surface area contributed by atoms with Crippen molar-refractivity contribution in [3.8, 4) is 0 Å².